The first kappa shape index (κ1) is 11.8. The molecule has 0 amide bonds. The summed E-state index contributed by atoms with van der Waals surface area (Å²) in [4.78, 5) is 10.3. The zero-order chi connectivity index (χ0) is 9.78. The van der Waals surface area contributed by atoms with Gasteiger partial charge in [-0.15, -0.1) is 11.8 Å². The Morgan fingerprint density at radius 3 is 2.42 bits per heavy atom. The average molecular weight is 212 g/mol. The van der Waals surface area contributed by atoms with Crippen molar-refractivity contribution in [2.45, 2.75) is 12.2 Å². The van der Waals surface area contributed by atoms with Gasteiger partial charge in [0, 0.05) is 12.0 Å². The molecule has 4 nitrogen and oxygen atoms in total. The van der Waals surface area contributed by atoms with E-state index in [1.807, 2.05) is 0 Å². The predicted molar refractivity (Wildman–Crippen MR) is 49.3 cm³/mol. The van der Waals surface area contributed by atoms with E-state index in [9.17, 15) is 13.2 Å². The molecule has 0 aromatic rings. The minimum atomic E-state index is -2.96. The summed E-state index contributed by atoms with van der Waals surface area (Å²) in [5.74, 6) is -0.532. The minimum Gasteiger partial charge on any atom is -0.480 e. The zero-order valence-electron chi connectivity index (χ0n) is 6.98. The van der Waals surface area contributed by atoms with Crippen LogP contribution in [0.15, 0.2) is 0 Å². The summed E-state index contributed by atoms with van der Waals surface area (Å²) < 4.78 is 21.2. The fraction of sp³-hybridized carbons (Fsp3) is 0.833. The van der Waals surface area contributed by atoms with Crippen LogP contribution < -0.4 is 0 Å². The van der Waals surface area contributed by atoms with Gasteiger partial charge in [-0.1, -0.05) is 0 Å². The highest BCUT2D eigenvalue weighted by Crippen LogP contribution is 2.10. The van der Waals surface area contributed by atoms with Gasteiger partial charge in [-0.2, -0.15) is 0 Å². The first-order chi connectivity index (χ1) is 5.33. The Hall–Kier alpha value is -0.230. The zero-order valence-corrected chi connectivity index (χ0v) is 8.61. The standard InChI is InChI=1S/C6H12O4S2/c1-5(6(7)8)11-3-4-12(2,9)10/h5H,3-4H2,1-2H3,(H,7,8). The molecule has 0 saturated heterocycles. The number of aliphatic carboxylic acids is 1. The van der Waals surface area contributed by atoms with Gasteiger partial charge in [0.2, 0.25) is 0 Å². The van der Waals surface area contributed by atoms with Crippen LogP contribution in [0.25, 0.3) is 0 Å². The largest absolute Gasteiger partial charge is 0.480 e. The Bertz CT molecular complexity index is 244. The average Bonchev–Trinajstić information content (AvgIpc) is 1.84. The smallest absolute Gasteiger partial charge is 0.316 e. The van der Waals surface area contributed by atoms with Crippen molar-refractivity contribution in [3.05, 3.63) is 0 Å². The third-order valence-corrected chi connectivity index (χ3v) is 3.52. The van der Waals surface area contributed by atoms with Crippen molar-refractivity contribution >= 4 is 27.6 Å². The summed E-state index contributed by atoms with van der Waals surface area (Å²) in [5, 5.41) is 7.91. The summed E-state index contributed by atoms with van der Waals surface area (Å²) in [5.41, 5.74) is 0. The van der Waals surface area contributed by atoms with Crippen molar-refractivity contribution < 1.29 is 18.3 Å². The second kappa shape index (κ2) is 4.71. The molecule has 1 unspecified atom stereocenters. The molecule has 0 saturated carbocycles. The molecule has 0 aliphatic carbocycles. The lowest BCUT2D eigenvalue weighted by Gasteiger charge is -2.03. The van der Waals surface area contributed by atoms with Gasteiger partial charge >= 0.3 is 5.97 Å². The van der Waals surface area contributed by atoms with Crippen molar-refractivity contribution in [1.82, 2.24) is 0 Å². The van der Waals surface area contributed by atoms with E-state index in [0.717, 1.165) is 18.0 Å². The van der Waals surface area contributed by atoms with E-state index in [1.54, 1.807) is 0 Å². The topological polar surface area (TPSA) is 71.4 Å². The fourth-order valence-corrected chi connectivity index (χ4v) is 2.54. The van der Waals surface area contributed by atoms with Crippen LogP contribution in [-0.4, -0.2) is 42.5 Å². The predicted octanol–water partition coefficient (Wildman–Crippen LogP) is 0.237. The first-order valence-electron chi connectivity index (χ1n) is 3.35. The molecular formula is C6H12O4S2. The summed E-state index contributed by atoms with van der Waals surface area (Å²) in [6, 6.07) is 0. The maximum Gasteiger partial charge on any atom is 0.316 e. The van der Waals surface area contributed by atoms with Crippen molar-refractivity contribution in [2.24, 2.45) is 0 Å². The fourth-order valence-electron chi connectivity index (χ4n) is 0.448. The van der Waals surface area contributed by atoms with Gasteiger partial charge in [0.1, 0.15) is 9.84 Å². The molecule has 0 heterocycles. The lowest BCUT2D eigenvalue weighted by molar-refractivity contribution is -0.136. The summed E-state index contributed by atoms with van der Waals surface area (Å²) in [6.45, 7) is 1.54. The number of hydrogen-bond acceptors (Lipinski definition) is 4. The lowest BCUT2D eigenvalue weighted by Crippen LogP contribution is -2.14. The second-order valence-corrected chi connectivity index (χ2v) is 6.19. The van der Waals surface area contributed by atoms with E-state index >= 15 is 0 Å². The highest BCUT2D eigenvalue weighted by Gasteiger charge is 2.11. The van der Waals surface area contributed by atoms with Crippen molar-refractivity contribution in [1.29, 1.82) is 0 Å². The number of carbonyl (C=O) groups is 1. The van der Waals surface area contributed by atoms with Crippen molar-refractivity contribution in [3.8, 4) is 0 Å². The van der Waals surface area contributed by atoms with Gasteiger partial charge in [0.05, 0.1) is 11.0 Å². The van der Waals surface area contributed by atoms with Gasteiger partial charge in [0.15, 0.2) is 0 Å². The highest BCUT2D eigenvalue weighted by molar-refractivity contribution is 8.01. The van der Waals surface area contributed by atoms with Crippen LogP contribution in [0.4, 0.5) is 0 Å². The van der Waals surface area contributed by atoms with Crippen LogP contribution in [0, 0.1) is 0 Å². The molecule has 72 valence electrons. The Balaban J connectivity index is 3.65. The molecule has 0 rings (SSSR count). The molecule has 0 aromatic heterocycles. The van der Waals surface area contributed by atoms with Crippen LogP contribution in [0.5, 0.6) is 0 Å². The Labute approximate surface area is 76.3 Å². The second-order valence-electron chi connectivity index (χ2n) is 2.48. The molecule has 12 heavy (non-hydrogen) atoms. The maximum absolute atomic E-state index is 10.6. The number of hydrogen-bond donors (Lipinski definition) is 1. The lowest BCUT2D eigenvalue weighted by atomic mass is 10.5. The Morgan fingerprint density at radius 1 is 1.58 bits per heavy atom. The minimum absolute atomic E-state index is 0.0370. The molecule has 1 N–H and O–H groups in total. The van der Waals surface area contributed by atoms with Crippen molar-refractivity contribution in [2.75, 3.05) is 17.8 Å². The van der Waals surface area contributed by atoms with E-state index in [4.69, 9.17) is 5.11 Å². The van der Waals surface area contributed by atoms with Crippen LogP contribution in [0.3, 0.4) is 0 Å². The number of sulfone groups is 1. The highest BCUT2D eigenvalue weighted by atomic mass is 32.2. The van der Waals surface area contributed by atoms with Crippen LogP contribution in [0.1, 0.15) is 6.92 Å². The Morgan fingerprint density at radius 2 is 2.08 bits per heavy atom. The molecule has 0 spiro atoms. The third kappa shape index (κ3) is 6.48. The van der Waals surface area contributed by atoms with E-state index in [2.05, 4.69) is 0 Å². The van der Waals surface area contributed by atoms with Gasteiger partial charge in [-0.05, 0) is 6.92 Å². The molecule has 6 heteroatoms. The molecule has 0 aliphatic rings. The molecule has 0 aromatic carbocycles. The molecule has 0 radical (unpaired) electrons. The van der Waals surface area contributed by atoms with Crippen LogP contribution in [-0.2, 0) is 14.6 Å². The SMILES string of the molecule is CC(SCCS(C)(=O)=O)C(=O)O. The summed E-state index contributed by atoms with van der Waals surface area (Å²) in [6.07, 6.45) is 1.14. The number of carboxylic acid groups (broad SMARTS) is 1. The Kier molecular flexibility index (Phi) is 4.62. The molecule has 1 atom stereocenters. The molecular weight excluding hydrogens is 200 g/mol. The number of carboxylic acids is 1. The third-order valence-electron chi connectivity index (χ3n) is 1.17. The summed E-state index contributed by atoms with van der Waals surface area (Å²) >= 11 is 1.13. The van der Waals surface area contributed by atoms with Gasteiger partial charge in [0.25, 0.3) is 0 Å². The normalized spacial score (nSPS) is 14.2. The first-order valence-corrected chi connectivity index (χ1v) is 6.46. The van der Waals surface area contributed by atoms with E-state index in [0.29, 0.717) is 5.75 Å². The quantitative estimate of drug-likeness (QED) is 0.706. The van der Waals surface area contributed by atoms with Gasteiger partial charge in [-0.3, -0.25) is 4.79 Å². The monoisotopic (exact) mass is 212 g/mol. The van der Waals surface area contributed by atoms with E-state index in [-0.39, 0.29) is 5.75 Å². The van der Waals surface area contributed by atoms with Gasteiger partial charge in [-0.25, -0.2) is 8.42 Å². The van der Waals surface area contributed by atoms with E-state index < -0.39 is 21.1 Å². The maximum atomic E-state index is 10.6. The summed E-state index contributed by atoms with van der Waals surface area (Å²) in [7, 11) is -2.96. The molecule has 0 fully saturated rings. The van der Waals surface area contributed by atoms with Crippen LogP contribution >= 0.6 is 11.8 Å². The molecule has 0 bridgehead atoms. The van der Waals surface area contributed by atoms with Gasteiger partial charge < -0.3 is 5.11 Å². The van der Waals surface area contributed by atoms with Crippen molar-refractivity contribution in [3.63, 3.8) is 0 Å². The molecule has 0 aliphatic heterocycles. The number of thioether (sulfide) groups is 1. The van der Waals surface area contributed by atoms with Crippen LogP contribution in [0.2, 0.25) is 0 Å². The number of rotatable bonds is 5. The van der Waals surface area contributed by atoms with E-state index in [1.165, 1.54) is 6.92 Å².